The summed E-state index contributed by atoms with van der Waals surface area (Å²) in [6.07, 6.45) is 0. The van der Waals surface area contributed by atoms with E-state index in [1.807, 2.05) is 60.7 Å². The van der Waals surface area contributed by atoms with Crippen molar-refractivity contribution in [3.63, 3.8) is 0 Å². The molecule has 5 nitrogen and oxygen atoms in total. The number of hydrogen-bond donors (Lipinski definition) is 0. The van der Waals surface area contributed by atoms with Crippen molar-refractivity contribution in [1.29, 1.82) is 0 Å². The van der Waals surface area contributed by atoms with Crippen LogP contribution in [-0.4, -0.2) is 18.4 Å². The quantitative estimate of drug-likeness (QED) is 0.134. The zero-order valence-electron chi connectivity index (χ0n) is 28.7. The van der Waals surface area contributed by atoms with E-state index in [4.69, 9.17) is 18.8 Å². The summed E-state index contributed by atoms with van der Waals surface area (Å²) in [5.74, 6) is 1.05. The number of fused-ring (bicyclic) bond motifs is 9. The third-order valence-electron chi connectivity index (χ3n) is 10.1. The fourth-order valence-corrected chi connectivity index (χ4v) is 7.62. The predicted octanol–water partition coefficient (Wildman–Crippen LogP) is 12.6. The molecule has 0 atom stereocenters. The number of amidine groups is 2. The van der Waals surface area contributed by atoms with Gasteiger partial charge in [-0.05, 0) is 63.7 Å². The minimum absolute atomic E-state index is 0.467. The number of benzene rings is 8. The number of nitrogens with zero attached hydrogens (tertiary/aromatic N) is 3. The zero-order valence-corrected chi connectivity index (χ0v) is 28.7. The van der Waals surface area contributed by atoms with Gasteiger partial charge in [-0.1, -0.05) is 140 Å². The lowest BCUT2D eigenvalue weighted by Crippen LogP contribution is -2.06. The highest BCUT2D eigenvalue weighted by Crippen LogP contribution is 2.43. The van der Waals surface area contributed by atoms with Crippen LogP contribution in [0.3, 0.4) is 0 Å². The van der Waals surface area contributed by atoms with E-state index in [0.29, 0.717) is 18.2 Å². The number of hydrogen-bond acceptors (Lipinski definition) is 3. The van der Waals surface area contributed by atoms with Gasteiger partial charge in [0.05, 0.1) is 6.54 Å². The van der Waals surface area contributed by atoms with Crippen LogP contribution in [0.15, 0.2) is 188 Å². The average Bonchev–Trinajstić information content (AvgIpc) is 3.80. The van der Waals surface area contributed by atoms with E-state index >= 15 is 0 Å². The van der Waals surface area contributed by atoms with Gasteiger partial charge in [-0.3, -0.25) is 4.99 Å². The van der Waals surface area contributed by atoms with Crippen LogP contribution < -0.4 is 0 Å². The summed E-state index contributed by atoms with van der Waals surface area (Å²) in [6.45, 7) is 4.44. The Bertz CT molecular complexity index is 3110. The highest BCUT2D eigenvalue weighted by atomic mass is 16.3. The van der Waals surface area contributed by atoms with Gasteiger partial charge >= 0.3 is 0 Å². The van der Waals surface area contributed by atoms with Crippen LogP contribution in [0.1, 0.15) is 16.7 Å². The lowest BCUT2D eigenvalue weighted by atomic mass is 9.93. The van der Waals surface area contributed by atoms with Crippen molar-refractivity contribution in [1.82, 2.24) is 0 Å². The average molecular weight is 682 g/mol. The number of aliphatic imine (C=N–C) groups is 3. The molecular formula is C48H31N3O2. The first-order valence-electron chi connectivity index (χ1n) is 17.6. The molecule has 0 aliphatic heterocycles. The standard InChI is InChI=1S/C48H31N3O2/c1-49-48(51-47(32-14-3-2-4-15-32)50-29-30-25-26-31-13-5-6-16-33(31)27-30)39-22-12-24-42-45(39)38-21-11-20-36(46(38)53-42)40-28-43-44(35-18-8-7-17-34(35)40)37-19-9-10-23-41(37)52-43/h2-28H,1,29H2. The zero-order chi connectivity index (χ0) is 35.3. The summed E-state index contributed by atoms with van der Waals surface area (Å²) in [6, 6.07) is 56.0. The Labute approximate surface area is 304 Å². The Balaban J connectivity index is 1.14. The molecule has 2 heterocycles. The molecule has 10 aromatic rings. The lowest BCUT2D eigenvalue weighted by Gasteiger charge is -2.09. The Kier molecular flexibility index (Phi) is 7.29. The third kappa shape index (κ3) is 5.21. The van der Waals surface area contributed by atoms with E-state index in [1.54, 1.807) is 0 Å². The summed E-state index contributed by atoms with van der Waals surface area (Å²) < 4.78 is 13.2. The van der Waals surface area contributed by atoms with E-state index in [9.17, 15) is 0 Å². The first-order valence-corrected chi connectivity index (χ1v) is 17.6. The summed E-state index contributed by atoms with van der Waals surface area (Å²) >= 11 is 0. The Morgan fingerprint density at radius 1 is 0.491 bits per heavy atom. The highest BCUT2D eigenvalue weighted by molar-refractivity contribution is 6.25. The predicted molar refractivity (Wildman–Crippen MR) is 221 cm³/mol. The van der Waals surface area contributed by atoms with Crippen molar-refractivity contribution in [2.75, 3.05) is 0 Å². The van der Waals surface area contributed by atoms with E-state index in [-0.39, 0.29) is 0 Å². The lowest BCUT2D eigenvalue weighted by molar-refractivity contribution is 0.668. The Morgan fingerprint density at radius 3 is 2.08 bits per heavy atom. The van der Waals surface area contributed by atoms with Crippen molar-refractivity contribution in [3.05, 3.63) is 180 Å². The van der Waals surface area contributed by atoms with E-state index in [1.165, 1.54) is 10.8 Å². The van der Waals surface area contributed by atoms with Gasteiger partial charge < -0.3 is 8.83 Å². The molecule has 0 fully saturated rings. The van der Waals surface area contributed by atoms with Gasteiger partial charge in [-0.25, -0.2) is 9.98 Å². The van der Waals surface area contributed by atoms with Gasteiger partial charge in [0.1, 0.15) is 22.3 Å². The van der Waals surface area contributed by atoms with Crippen LogP contribution in [0, 0.1) is 0 Å². The molecule has 10 rings (SSSR count). The summed E-state index contributed by atoms with van der Waals surface area (Å²) in [5.41, 5.74) is 8.08. The molecule has 0 bridgehead atoms. The van der Waals surface area contributed by atoms with Gasteiger partial charge in [-0.2, -0.15) is 0 Å². The Hall–Kier alpha value is -7.11. The molecule has 0 saturated heterocycles. The van der Waals surface area contributed by atoms with E-state index in [0.717, 1.165) is 82.5 Å². The molecule has 0 amide bonds. The maximum atomic E-state index is 6.75. The van der Waals surface area contributed by atoms with Gasteiger partial charge in [0.15, 0.2) is 11.7 Å². The fourth-order valence-electron chi connectivity index (χ4n) is 7.62. The minimum atomic E-state index is 0.467. The normalized spacial score (nSPS) is 12.5. The second-order valence-corrected chi connectivity index (χ2v) is 13.2. The molecule has 8 aromatic carbocycles. The molecule has 2 aromatic heterocycles. The highest BCUT2D eigenvalue weighted by Gasteiger charge is 2.21. The molecule has 0 unspecified atom stereocenters. The van der Waals surface area contributed by atoms with Crippen LogP contribution in [0.25, 0.3) is 76.5 Å². The van der Waals surface area contributed by atoms with Crippen molar-refractivity contribution < 1.29 is 8.83 Å². The van der Waals surface area contributed by atoms with E-state index in [2.05, 4.69) is 115 Å². The molecule has 0 aliphatic carbocycles. The second kappa shape index (κ2) is 12.6. The van der Waals surface area contributed by atoms with Crippen LogP contribution >= 0.6 is 0 Å². The van der Waals surface area contributed by atoms with E-state index < -0.39 is 0 Å². The van der Waals surface area contributed by atoms with Crippen molar-refractivity contribution in [3.8, 4) is 11.1 Å². The monoisotopic (exact) mass is 681 g/mol. The van der Waals surface area contributed by atoms with Crippen molar-refractivity contribution in [2.45, 2.75) is 6.54 Å². The molecule has 0 N–H and O–H groups in total. The molecule has 0 spiro atoms. The second-order valence-electron chi connectivity index (χ2n) is 13.2. The van der Waals surface area contributed by atoms with Crippen molar-refractivity contribution in [2.24, 2.45) is 15.0 Å². The van der Waals surface area contributed by atoms with Crippen LogP contribution in [0.5, 0.6) is 0 Å². The molecule has 53 heavy (non-hydrogen) atoms. The molecule has 0 saturated carbocycles. The van der Waals surface area contributed by atoms with Gasteiger partial charge in [0.2, 0.25) is 0 Å². The smallest absolute Gasteiger partial charge is 0.161 e. The van der Waals surface area contributed by atoms with Crippen LogP contribution in [0.2, 0.25) is 0 Å². The third-order valence-corrected chi connectivity index (χ3v) is 10.1. The van der Waals surface area contributed by atoms with Gasteiger partial charge in [0.25, 0.3) is 0 Å². The van der Waals surface area contributed by atoms with Gasteiger partial charge in [-0.15, -0.1) is 0 Å². The summed E-state index contributed by atoms with van der Waals surface area (Å²) in [7, 11) is 0. The number of para-hydroxylation sites is 2. The SMILES string of the molecule is C=NC(=NC(=NCc1ccc2ccccc2c1)c1ccccc1)c1cccc2oc3c(-c4cc5oc6ccccc6c5c5ccccc45)cccc3c12. The largest absolute Gasteiger partial charge is 0.456 e. The topological polar surface area (TPSA) is 63.4 Å². The summed E-state index contributed by atoms with van der Waals surface area (Å²) in [4.78, 5) is 14.7. The first-order chi connectivity index (χ1) is 26.2. The number of furan rings is 2. The first kappa shape index (κ1) is 30.7. The van der Waals surface area contributed by atoms with Crippen LogP contribution in [-0.2, 0) is 6.54 Å². The van der Waals surface area contributed by atoms with Gasteiger partial charge in [0, 0.05) is 38.2 Å². The number of rotatable bonds is 5. The van der Waals surface area contributed by atoms with Crippen molar-refractivity contribution >= 4 is 83.8 Å². The van der Waals surface area contributed by atoms with Crippen LogP contribution in [0.4, 0.5) is 0 Å². The summed E-state index contributed by atoms with van der Waals surface area (Å²) in [5, 5.41) is 8.77. The molecule has 0 radical (unpaired) electrons. The molecule has 250 valence electrons. The maximum absolute atomic E-state index is 6.75. The Morgan fingerprint density at radius 2 is 1.21 bits per heavy atom. The minimum Gasteiger partial charge on any atom is -0.456 e. The molecule has 0 aliphatic rings. The fraction of sp³-hybridized carbons (Fsp3) is 0.0208. The molecular weight excluding hydrogens is 651 g/mol. The molecule has 5 heteroatoms. The maximum Gasteiger partial charge on any atom is 0.161 e.